The summed E-state index contributed by atoms with van der Waals surface area (Å²) in [6.45, 7) is 0. The number of nitrogens with one attached hydrogen (secondary N) is 2. The number of hydrogen-bond acceptors (Lipinski definition) is 2. The Morgan fingerprint density at radius 3 is 2.24 bits per heavy atom. The summed E-state index contributed by atoms with van der Waals surface area (Å²) < 4.78 is 0. The molecule has 0 saturated heterocycles. The number of carbonyl (C=O) groups is 2. The van der Waals surface area contributed by atoms with Crippen LogP contribution < -0.4 is 10.6 Å². The Kier molecular flexibility index (Phi) is 5.52. The standard InChI is InChI=1S/C25H22N2O2/c28-24(27-23-9-5-4-8-22(23)19-6-2-1-3-7-19)17-12-18-10-13-20(14-11-18)25(29)26-21-15-16-21/h1-14,17,21H,15-16H2,(H,26,29)(H,27,28)/b17-12+. The molecule has 0 spiro atoms. The van der Waals surface area contributed by atoms with Crippen molar-refractivity contribution in [1.29, 1.82) is 0 Å². The van der Waals surface area contributed by atoms with Crippen LogP contribution in [0.25, 0.3) is 17.2 Å². The summed E-state index contributed by atoms with van der Waals surface area (Å²) in [5.74, 6) is -0.248. The average molecular weight is 382 g/mol. The summed E-state index contributed by atoms with van der Waals surface area (Å²) in [7, 11) is 0. The van der Waals surface area contributed by atoms with Gasteiger partial charge in [-0.3, -0.25) is 9.59 Å². The molecule has 4 nitrogen and oxygen atoms in total. The zero-order valence-corrected chi connectivity index (χ0v) is 16.0. The first-order valence-corrected chi connectivity index (χ1v) is 9.73. The van der Waals surface area contributed by atoms with Gasteiger partial charge in [0.15, 0.2) is 0 Å². The lowest BCUT2D eigenvalue weighted by molar-refractivity contribution is -0.111. The smallest absolute Gasteiger partial charge is 0.251 e. The van der Waals surface area contributed by atoms with Crippen molar-refractivity contribution in [2.24, 2.45) is 0 Å². The second-order valence-electron chi connectivity index (χ2n) is 7.10. The molecule has 4 heteroatoms. The molecular formula is C25H22N2O2. The molecule has 0 aromatic heterocycles. The van der Waals surface area contributed by atoms with Gasteiger partial charge in [-0.25, -0.2) is 0 Å². The van der Waals surface area contributed by atoms with Gasteiger partial charge in [0.1, 0.15) is 0 Å². The van der Waals surface area contributed by atoms with Crippen LogP contribution in [-0.2, 0) is 4.79 Å². The summed E-state index contributed by atoms with van der Waals surface area (Å²) in [4.78, 5) is 24.4. The maximum atomic E-state index is 12.4. The highest BCUT2D eigenvalue weighted by atomic mass is 16.2. The lowest BCUT2D eigenvalue weighted by Crippen LogP contribution is -2.25. The fraction of sp³-hybridized carbons (Fsp3) is 0.120. The van der Waals surface area contributed by atoms with E-state index in [1.165, 1.54) is 6.08 Å². The third kappa shape index (κ3) is 4.99. The molecule has 0 atom stereocenters. The van der Waals surface area contributed by atoms with E-state index >= 15 is 0 Å². The van der Waals surface area contributed by atoms with Crippen molar-refractivity contribution in [3.63, 3.8) is 0 Å². The minimum absolute atomic E-state index is 0.0432. The molecule has 1 aliphatic carbocycles. The lowest BCUT2D eigenvalue weighted by atomic mass is 10.0. The van der Waals surface area contributed by atoms with E-state index in [2.05, 4.69) is 10.6 Å². The molecule has 2 amide bonds. The molecule has 1 aliphatic rings. The Balaban J connectivity index is 1.41. The van der Waals surface area contributed by atoms with Crippen LogP contribution in [0, 0.1) is 0 Å². The van der Waals surface area contributed by atoms with Crippen LogP contribution >= 0.6 is 0 Å². The van der Waals surface area contributed by atoms with Crippen molar-refractivity contribution in [1.82, 2.24) is 5.32 Å². The largest absolute Gasteiger partial charge is 0.349 e. The number of anilines is 1. The molecule has 3 aromatic rings. The van der Waals surface area contributed by atoms with Gasteiger partial charge in [0.2, 0.25) is 5.91 Å². The first kappa shape index (κ1) is 18.7. The number of para-hydroxylation sites is 1. The Bertz CT molecular complexity index is 1040. The number of hydrogen-bond donors (Lipinski definition) is 2. The van der Waals surface area contributed by atoms with Crippen LogP contribution in [-0.4, -0.2) is 17.9 Å². The third-order valence-electron chi connectivity index (χ3n) is 4.78. The van der Waals surface area contributed by atoms with Crippen LogP contribution in [0.5, 0.6) is 0 Å². The van der Waals surface area contributed by atoms with E-state index in [1.807, 2.05) is 66.7 Å². The number of rotatable bonds is 6. The van der Waals surface area contributed by atoms with Crippen LogP contribution in [0.15, 0.2) is 84.9 Å². The summed E-state index contributed by atoms with van der Waals surface area (Å²) in [6.07, 6.45) is 5.37. The van der Waals surface area contributed by atoms with Gasteiger partial charge in [-0.1, -0.05) is 60.7 Å². The maximum absolute atomic E-state index is 12.4. The van der Waals surface area contributed by atoms with Crippen LogP contribution in [0.4, 0.5) is 5.69 Å². The molecule has 2 N–H and O–H groups in total. The second-order valence-corrected chi connectivity index (χ2v) is 7.10. The molecule has 0 unspecified atom stereocenters. The first-order chi connectivity index (χ1) is 14.2. The minimum Gasteiger partial charge on any atom is -0.349 e. The van der Waals surface area contributed by atoms with Gasteiger partial charge in [0.25, 0.3) is 5.91 Å². The zero-order chi connectivity index (χ0) is 20.1. The van der Waals surface area contributed by atoms with Crippen molar-refractivity contribution >= 4 is 23.6 Å². The fourth-order valence-corrected chi connectivity index (χ4v) is 3.05. The highest BCUT2D eigenvalue weighted by Gasteiger charge is 2.23. The highest BCUT2D eigenvalue weighted by molar-refractivity contribution is 6.04. The summed E-state index contributed by atoms with van der Waals surface area (Å²) in [6, 6.07) is 25.2. The molecule has 3 aromatic carbocycles. The molecule has 1 saturated carbocycles. The SMILES string of the molecule is O=C(/C=C/c1ccc(C(=O)NC2CC2)cc1)Nc1ccccc1-c1ccccc1. The van der Waals surface area contributed by atoms with Crippen molar-refractivity contribution in [3.8, 4) is 11.1 Å². The molecule has 0 radical (unpaired) electrons. The average Bonchev–Trinajstić information content (AvgIpc) is 3.58. The van der Waals surface area contributed by atoms with Crippen molar-refractivity contribution in [2.75, 3.05) is 5.32 Å². The van der Waals surface area contributed by atoms with Gasteiger partial charge < -0.3 is 10.6 Å². The summed E-state index contributed by atoms with van der Waals surface area (Å²) in [5.41, 5.74) is 4.28. The predicted octanol–water partition coefficient (Wildman–Crippen LogP) is 4.90. The monoisotopic (exact) mass is 382 g/mol. The predicted molar refractivity (Wildman–Crippen MR) is 116 cm³/mol. The number of carbonyl (C=O) groups excluding carboxylic acids is 2. The fourth-order valence-electron chi connectivity index (χ4n) is 3.05. The molecule has 29 heavy (non-hydrogen) atoms. The Morgan fingerprint density at radius 1 is 0.828 bits per heavy atom. The van der Waals surface area contributed by atoms with Gasteiger partial charge in [-0.05, 0) is 48.2 Å². The first-order valence-electron chi connectivity index (χ1n) is 9.73. The van der Waals surface area contributed by atoms with Crippen molar-refractivity contribution in [2.45, 2.75) is 18.9 Å². The lowest BCUT2D eigenvalue weighted by Gasteiger charge is -2.10. The van der Waals surface area contributed by atoms with E-state index in [1.54, 1.807) is 18.2 Å². The molecule has 0 aliphatic heterocycles. The number of benzene rings is 3. The van der Waals surface area contributed by atoms with Crippen molar-refractivity contribution < 1.29 is 9.59 Å². The summed E-state index contributed by atoms with van der Waals surface area (Å²) >= 11 is 0. The Morgan fingerprint density at radius 2 is 1.52 bits per heavy atom. The molecule has 0 heterocycles. The Hall–Kier alpha value is -3.66. The third-order valence-corrected chi connectivity index (χ3v) is 4.78. The zero-order valence-electron chi connectivity index (χ0n) is 16.0. The Labute approximate surface area is 170 Å². The normalized spacial score (nSPS) is 13.2. The highest BCUT2D eigenvalue weighted by Crippen LogP contribution is 2.27. The molecule has 1 fully saturated rings. The quantitative estimate of drug-likeness (QED) is 0.596. The van der Waals surface area contributed by atoms with Gasteiger partial charge in [0.05, 0.1) is 0 Å². The van der Waals surface area contributed by atoms with Gasteiger partial charge in [0, 0.05) is 28.9 Å². The van der Waals surface area contributed by atoms with Crippen LogP contribution in [0.1, 0.15) is 28.8 Å². The van der Waals surface area contributed by atoms with E-state index in [9.17, 15) is 9.59 Å². The van der Waals surface area contributed by atoms with E-state index < -0.39 is 0 Å². The van der Waals surface area contributed by atoms with Crippen LogP contribution in [0.2, 0.25) is 0 Å². The van der Waals surface area contributed by atoms with E-state index in [0.717, 1.165) is 35.2 Å². The topological polar surface area (TPSA) is 58.2 Å². The van der Waals surface area contributed by atoms with Gasteiger partial charge in [-0.15, -0.1) is 0 Å². The summed E-state index contributed by atoms with van der Waals surface area (Å²) in [5, 5.41) is 5.91. The van der Waals surface area contributed by atoms with E-state index in [0.29, 0.717) is 11.6 Å². The van der Waals surface area contributed by atoms with Gasteiger partial charge in [-0.2, -0.15) is 0 Å². The van der Waals surface area contributed by atoms with E-state index in [-0.39, 0.29) is 11.8 Å². The molecule has 4 rings (SSSR count). The molecular weight excluding hydrogens is 360 g/mol. The molecule has 144 valence electrons. The number of amides is 2. The van der Waals surface area contributed by atoms with E-state index in [4.69, 9.17) is 0 Å². The van der Waals surface area contributed by atoms with Crippen molar-refractivity contribution in [3.05, 3.63) is 96.1 Å². The maximum Gasteiger partial charge on any atom is 0.251 e. The van der Waals surface area contributed by atoms with Gasteiger partial charge >= 0.3 is 0 Å². The second kappa shape index (κ2) is 8.57. The van der Waals surface area contributed by atoms with Crippen LogP contribution in [0.3, 0.4) is 0 Å². The minimum atomic E-state index is -0.205. The molecule has 0 bridgehead atoms.